The van der Waals surface area contributed by atoms with Crippen molar-refractivity contribution in [3.05, 3.63) is 78.0 Å². The predicted molar refractivity (Wildman–Crippen MR) is 97.4 cm³/mol. The van der Waals surface area contributed by atoms with E-state index in [9.17, 15) is 4.79 Å². The van der Waals surface area contributed by atoms with Gasteiger partial charge in [-0.3, -0.25) is 9.78 Å². The maximum absolute atomic E-state index is 12.8. The standard InChI is InChI=1S/C19H17N3O2S/c1-25-15-7-2-5-13(11-15)21-18-17-16(8-3-9-20-17)19(23)22(18)12-14-6-4-10-24-14/h2-11,18,21H,12H2,1H3. The highest BCUT2D eigenvalue weighted by Gasteiger charge is 2.38. The molecule has 3 heterocycles. The molecule has 0 saturated carbocycles. The lowest BCUT2D eigenvalue weighted by molar-refractivity contribution is 0.0714. The van der Waals surface area contributed by atoms with Crippen LogP contribution >= 0.6 is 11.8 Å². The second-order valence-electron chi connectivity index (χ2n) is 5.73. The van der Waals surface area contributed by atoms with E-state index in [0.717, 1.165) is 22.0 Å². The van der Waals surface area contributed by atoms with Crippen molar-refractivity contribution >= 4 is 23.4 Å². The van der Waals surface area contributed by atoms with Crippen LogP contribution in [0.15, 0.2) is 70.3 Å². The first-order valence-electron chi connectivity index (χ1n) is 7.95. The molecule has 0 aliphatic carbocycles. The second kappa shape index (κ2) is 6.64. The normalized spacial score (nSPS) is 16.1. The summed E-state index contributed by atoms with van der Waals surface area (Å²) in [6.07, 6.45) is 5.05. The van der Waals surface area contributed by atoms with Crippen molar-refractivity contribution in [3.8, 4) is 0 Å². The van der Waals surface area contributed by atoms with E-state index in [-0.39, 0.29) is 12.1 Å². The van der Waals surface area contributed by atoms with Crippen LogP contribution in [0.1, 0.15) is 28.0 Å². The van der Waals surface area contributed by atoms with E-state index >= 15 is 0 Å². The number of hydrogen-bond acceptors (Lipinski definition) is 5. The fourth-order valence-corrected chi connectivity index (χ4v) is 3.45. The van der Waals surface area contributed by atoms with Gasteiger partial charge in [-0.15, -0.1) is 11.8 Å². The van der Waals surface area contributed by atoms with Crippen LogP contribution in [-0.4, -0.2) is 22.0 Å². The number of nitrogens with zero attached hydrogens (tertiary/aromatic N) is 2. The molecule has 0 bridgehead atoms. The van der Waals surface area contributed by atoms with E-state index in [2.05, 4.69) is 22.4 Å². The molecule has 6 heteroatoms. The molecule has 1 aliphatic heterocycles. The summed E-state index contributed by atoms with van der Waals surface area (Å²) in [5.74, 6) is 0.698. The van der Waals surface area contributed by atoms with Crippen molar-refractivity contribution in [3.63, 3.8) is 0 Å². The van der Waals surface area contributed by atoms with Gasteiger partial charge >= 0.3 is 0 Å². The first-order valence-corrected chi connectivity index (χ1v) is 9.17. The van der Waals surface area contributed by atoms with Crippen LogP contribution in [0.5, 0.6) is 0 Å². The second-order valence-corrected chi connectivity index (χ2v) is 6.61. The molecule has 0 spiro atoms. The van der Waals surface area contributed by atoms with Crippen LogP contribution in [0.2, 0.25) is 0 Å². The molecule has 1 amide bonds. The van der Waals surface area contributed by atoms with Gasteiger partial charge in [-0.05, 0) is 48.7 Å². The highest BCUT2D eigenvalue weighted by atomic mass is 32.2. The number of anilines is 1. The number of thioether (sulfide) groups is 1. The number of amides is 1. The minimum absolute atomic E-state index is 0.0435. The predicted octanol–water partition coefficient (Wildman–Crippen LogP) is 4.16. The molecule has 3 aromatic rings. The fourth-order valence-electron chi connectivity index (χ4n) is 2.99. The lowest BCUT2D eigenvalue weighted by atomic mass is 10.2. The third kappa shape index (κ3) is 3.00. The number of benzene rings is 1. The van der Waals surface area contributed by atoms with Gasteiger partial charge in [0, 0.05) is 16.8 Å². The molecule has 4 rings (SSSR count). The Labute approximate surface area is 150 Å². The smallest absolute Gasteiger partial charge is 0.258 e. The molecule has 0 fully saturated rings. The summed E-state index contributed by atoms with van der Waals surface area (Å²) < 4.78 is 5.43. The number of carbonyl (C=O) groups is 1. The molecule has 0 saturated heterocycles. The van der Waals surface area contributed by atoms with E-state index in [4.69, 9.17) is 4.42 Å². The molecule has 1 atom stereocenters. The first kappa shape index (κ1) is 15.8. The molecule has 2 aromatic heterocycles. The van der Waals surface area contributed by atoms with Gasteiger partial charge in [0.05, 0.1) is 24.1 Å². The summed E-state index contributed by atoms with van der Waals surface area (Å²) in [5.41, 5.74) is 2.33. The van der Waals surface area contributed by atoms with Crippen molar-refractivity contribution in [1.29, 1.82) is 0 Å². The van der Waals surface area contributed by atoms with Crippen molar-refractivity contribution in [2.75, 3.05) is 11.6 Å². The summed E-state index contributed by atoms with van der Waals surface area (Å²) in [5, 5.41) is 3.45. The number of pyridine rings is 1. The summed E-state index contributed by atoms with van der Waals surface area (Å²) in [6, 6.07) is 15.4. The quantitative estimate of drug-likeness (QED) is 0.699. The van der Waals surface area contributed by atoms with E-state index < -0.39 is 0 Å². The first-order chi connectivity index (χ1) is 12.3. The number of aromatic nitrogens is 1. The molecule has 0 radical (unpaired) electrons. The molecule has 1 aliphatic rings. The highest BCUT2D eigenvalue weighted by molar-refractivity contribution is 7.98. The van der Waals surface area contributed by atoms with Gasteiger partial charge in [0.2, 0.25) is 0 Å². The number of hydrogen-bond donors (Lipinski definition) is 1. The summed E-state index contributed by atoms with van der Waals surface area (Å²) in [7, 11) is 0. The zero-order valence-electron chi connectivity index (χ0n) is 13.7. The van der Waals surface area contributed by atoms with Crippen molar-refractivity contribution in [2.45, 2.75) is 17.6 Å². The van der Waals surface area contributed by atoms with Gasteiger partial charge in [-0.1, -0.05) is 6.07 Å². The minimum atomic E-state index is -0.328. The Bertz CT molecular complexity index is 895. The Balaban J connectivity index is 1.68. The maximum atomic E-state index is 12.8. The third-order valence-corrected chi connectivity index (χ3v) is 4.91. The van der Waals surface area contributed by atoms with E-state index in [1.807, 2.05) is 36.6 Å². The van der Waals surface area contributed by atoms with Crippen LogP contribution in [0, 0.1) is 0 Å². The number of nitrogens with one attached hydrogen (secondary N) is 1. The molecule has 5 nitrogen and oxygen atoms in total. The average Bonchev–Trinajstić information content (AvgIpc) is 3.25. The summed E-state index contributed by atoms with van der Waals surface area (Å²) in [6.45, 7) is 0.391. The fraction of sp³-hybridized carbons (Fsp3) is 0.158. The van der Waals surface area contributed by atoms with Gasteiger partial charge in [0.25, 0.3) is 5.91 Å². The molecule has 25 heavy (non-hydrogen) atoms. The lowest BCUT2D eigenvalue weighted by Gasteiger charge is -2.25. The minimum Gasteiger partial charge on any atom is -0.467 e. The Morgan fingerprint density at radius 2 is 2.16 bits per heavy atom. The Hall–Kier alpha value is -2.73. The van der Waals surface area contributed by atoms with E-state index in [1.165, 1.54) is 0 Å². The van der Waals surface area contributed by atoms with Crippen LogP contribution in [0.3, 0.4) is 0 Å². The Kier molecular flexibility index (Phi) is 4.19. The van der Waals surface area contributed by atoms with Gasteiger partial charge in [-0.2, -0.15) is 0 Å². The number of rotatable bonds is 5. The van der Waals surface area contributed by atoms with Gasteiger partial charge in [-0.25, -0.2) is 0 Å². The summed E-state index contributed by atoms with van der Waals surface area (Å²) >= 11 is 1.68. The van der Waals surface area contributed by atoms with Crippen LogP contribution in [0.25, 0.3) is 0 Å². The average molecular weight is 351 g/mol. The molecule has 1 aromatic carbocycles. The number of carbonyl (C=O) groups excluding carboxylic acids is 1. The van der Waals surface area contributed by atoms with Crippen LogP contribution < -0.4 is 5.32 Å². The van der Waals surface area contributed by atoms with Gasteiger partial charge in [0.15, 0.2) is 0 Å². The van der Waals surface area contributed by atoms with Crippen molar-refractivity contribution in [2.24, 2.45) is 0 Å². The lowest BCUT2D eigenvalue weighted by Crippen LogP contribution is -2.32. The molecule has 1 N–H and O–H groups in total. The molecule has 1 unspecified atom stereocenters. The zero-order chi connectivity index (χ0) is 17.2. The van der Waals surface area contributed by atoms with E-state index in [0.29, 0.717) is 12.1 Å². The Morgan fingerprint density at radius 1 is 1.24 bits per heavy atom. The van der Waals surface area contributed by atoms with Crippen LogP contribution in [-0.2, 0) is 6.54 Å². The van der Waals surface area contributed by atoms with Crippen molar-refractivity contribution < 1.29 is 9.21 Å². The van der Waals surface area contributed by atoms with Gasteiger partial charge < -0.3 is 14.6 Å². The zero-order valence-corrected chi connectivity index (χ0v) is 14.5. The summed E-state index contributed by atoms with van der Waals surface area (Å²) in [4.78, 5) is 20.2. The molecule has 126 valence electrons. The third-order valence-electron chi connectivity index (χ3n) is 4.18. The SMILES string of the molecule is CSc1cccc(NC2c3ncccc3C(=O)N2Cc2ccco2)c1. The number of fused-ring (bicyclic) bond motifs is 1. The number of furan rings is 1. The van der Waals surface area contributed by atoms with Crippen molar-refractivity contribution in [1.82, 2.24) is 9.88 Å². The Morgan fingerprint density at radius 3 is 2.96 bits per heavy atom. The highest BCUT2D eigenvalue weighted by Crippen LogP contribution is 2.34. The van der Waals surface area contributed by atoms with Crippen LogP contribution in [0.4, 0.5) is 5.69 Å². The largest absolute Gasteiger partial charge is 0.467 e. The maximum Gasteiger partial charge on any atom is 0.258 e. The van der Waals surface area contributed by atoms with E-state index in [1.54, 1.807) is 35.2 Å². The monoisotopic (exact) mass is 351 g/mol. The molecular weight excluding hydrogens is 334 g/mol. The molecular formula is C19H17N3O2S. The topological polar surface area (TPSA) is 58.4 Å². The van der Waals surface area contributed by atoms with Gasteiger partial charge in [0.1, 0.15) is 11.9 Å².